The van der Waals surface area contributed by atoms with Crippen molar-refractivity contribution in [2.24, 2.45) is 4.99 Å². The number of hydrogen-bond donors (Lipinski definition) is 1. The number of aliphatic imine (C=N–C) groups is 1. The second-order valence-electron chi connectivity index (χ2n) is 4.53. The van der Waals surface area contributed by atoms with E-state index in [1.807, 2.05) is 0 Å². The Kier molecular flexibility index (Phi) is 5.78. The first-order valence-corrected chi connectivity index (χ1v) is 7.79. The van der Waals surface area contributed by atoms with E-state index in [1.165, 1.54) is 7.05 Å². The normalized spacial score (nSPS) is 11.4. The molecule has 0 aliphatic rings. The van der Waals surface area contributed by atoms with Crippen LogP contribution in [0.2, 0.25) is 5.02 Å². The maximum absolute atomic E-state index is 13.4. The van der Waals surface area contributed by atoms with Crippen LogP contribution in [0.15, 0.2) is 17.1 Å². The van der Waals surface area contributed by atoms with Crippen LogP contribution in [0.1, 0.15) is 24.2 Å². The van der Waals surface area contributed by atoms with Crippen molar-refractivity contribution in [2.45, 2.75) is 19.9 Å². The summed E-state index contributed by atoms with van der Waals surface area (Å²) in [6.45, 7) is 3.23. The van der Waals surface area contributed by atoms with Gasteiger partial charge in [0.05, 0.1) is 10.6 Å². The highest BCUT2D eigenvalue weighted by atomic mass is 35.5. The molecule has 120 valence electrons. The molecule has 22 heavy (non-hydrogen) atoms. The van der Waals surface area contributed by atoms with Gasteiger partial charge < -0.3 is 0 Å². The minimum absolute atomic E-state index is 0.317. The largest absolute Gasteiger partial charge is 0.304 e. The van der Waals surface area contributed by atoms with Gasteiger partial charge in [0.25, 0.3) is 5.91 Å². The molecule has 1 aromatic rings. The first-order chi connectivity index (χ1) is 10.1. The van der Waals surface area contributed by atoms with Gasteiger partial charge in [-0.1, -0.05) is 11.6 Å². The molecule has 0 saturated heterocycles. The fourth-order valence-corrected chi connectivity index (χ4v) is 2.65. The maximum Gasteiger partial charge on any atom is 0.304 e. The molecule has 0 unspecified atom stereocenters. The smallest absolute Gasteiger partial charge is 0.268 e. The summed E-state index contributed by atoms with van der Waals surface area (Å²) in [4.78, 5) is 25.3. The van der Waals surface area contributed by atoms with Crippen molar-refractivity contribution in [3.8, 4) is 0 Å². The Balaban J connectivity index is 3.19. The second kappa shape index (κ2) is 6.97. The molecule has 0 bridgehead atoms. The molecule has 1 amide bonds. The summed E-state index contributed by atoms with van der Waals surface area (Å²) in [5, 5.41) is -0.317. The van der Waals surface area contributed by atoms with Gasteiger partial charge >= 0.3 is 10.2 Å². The molecule has 0 saturated carbocycles. The van der Waals surface area contributed by atoms with E-state index in [1.54, 1.807) is 18.6 Å². The van der Waals surface area contributed by atoms with E-state index in [0.29, 0.717) is 0 Å². The van der Waals surface area contributed by atoms with Gasteiger partial charge in [-0.15, -0.1) is 0 Å². The quantitative estimate of drug-likeness (QED) is 0.647. The molecule has 0 atom stereocenters. The average molecular weight is 350 g/mol. The molecule has 0 aliphatic heterocycles. The van der Waals surface area contributed by atoms with Crippen LogP contribution >= 0.6 is 11.6 Å². The van der Waals surface area contributed by atoms with Crippen LogP contribution in [0.25, 0.3) is 0 Å². The van der Waals surface area contributed by atoms with Crippen LogP contribution in [0.4, 0.5) is 10.1 Å². The van der Waals surface area contributed by atoms with E-state index >= 15 is 0 Å². The van der Waals surface area contributed by atoms with Crippen molar-refractivity contribution in [1.82, 2.24) is 9.03 Å². The molecule has 0 fully saturated rings. The van der Waals surface area contributed by atoms with E-state index in [2.05, 4.69) is 4.99 Å². The molecule has 1 aromatic carbocycles. The number of nitrogens with zero attached hydrogens (tertiary/aromatic N) is 2. The molecular formula is C12H13ClFN3O4S. The molecule has 1 rings (SSSR count). The predicted octanol–water partition coefficient (Wildman–Crippen LogP) is 1.76. The lowest BCUT2D eigenvalue weighted by Gasteiger charge is -2.21. The SMILES string of the molecule is CC(C)N(C)S(=O)(=O)NC(=O)c1cc(N=C=O)c(F)cc1Cl. The van der Waals surface area contributed by atoms with Crippen molar-refractivity contribution < 1.29 is 22.4 Å². The number of carbonyl (C=O) groups excluding carboxylic acids is 2. The zero-order chi connectivity index (χ0) is 17.1. The molecule has 1 N–H and O–H groups in total. The first kappa shape index (κ1) is 18.2. The highest BCUT2D eigenvalue weighted by molar-refractivity contribution is 7.87. The third-order valence-corrected chi connectivity index (χ3v) is 4.71. The zero-order valence-corrected chi connectivity index (χ0v) is 13.5. The summed E-state index contributed by atoms with van der Waals surface area (Å²) >= 11 is 5.72. The number of carbonyl (C=O) groups is 1. The van der Waals surface area contributed by atoms with Crippen molar-refractivity contribution in [2.75, 3.05) is 7.05 Å². The molecule has 0 radical (unpaired) electrons. The Morgan fingerprint density at radius 2 is 2.05 bits per heavy atom. The summed E-state index contributed by atoms with van der Waals surface area (Å²) in [7, 11) is -2.80. The van der Waals surface area contributed by atoms with Crippen LogP contribution < -0.4 is 4.72 Å². The first-order valence-electron chi connectivity index (χ1n) is 5.97. The highest BCUT2D eigenvalue weighted by Crippen LogP contribution is 2.26. The van der Waals surface area contributed by atoms with Crippen LogP contribution in [-0.2, 0) is 15.0 Å². The lowest BCUT2D eigenvalue weighted by atomic mass is 10.2. The van der Waals surface area contributed by atoms with Gasteiger partial charge in [0.1, 0.15) is 5.69 Å². The number of halogens is 2. The van der Waals surface area contributed by atoms with Crippen molar-refractivity contribution in [3.63, 3.8) is 0 Å². The van der Waals surface area contributed by atoms with Gasteiger partial charge in [-0.05, 0) is 26.0 Å². The molecule has 10 heteroatoms. The second-order valence-corrected chi connectivity index (χ2v) is 6.67. The fraction of sp³-hybridized carbons (Fsp3) is 0.333. The predicted molar refractivity (Wildman–Crippen MR) is 78.5 cm³/mol. The summed E-state index contributed by atoms with van der Waals surface area (Å²) in [6, 6.07) is 1.23. The van der Waals surface area contributed by atoms with E-state index in [9.17, 15) is 22.4 Å². The van der Waals surface area contributed by atoms with Gasteiger partial charge in [-0.2, -0.15) is 17.7 Å². The molecule has 0 aromatic heterocycles. The van der Waals surface area contributed by atoms with Crippen LogP contribution in [-0.4, -0.2) is 37.8 Å². The van der Waals surface area contributed by atoms with Crippen LogP contribution in [0.5, 0.6) is 0 Å². The highest BCUT2D eigenvalue weighted by Gasteiger charge is 2.25. The molecule has 0 heterocycles. The van der Waals surface area contributed by atoms with E-state index in [-0.39, 0.29) is 16.6 Å². The topological polar surface area (TPSA) is 95.9 Å². The Labute approximate surface area is 132 Å². The summed E-state index contributed by atoms with van der Waals surface area (Å²) in [5.74, 6) is -2.01. The Hall–Kier alpha value is -1.80. The maximum atomic E-state index is 13.4. The lowest BCUT2D eigenvalue weighted by molar-refractivity contribution is 0.0979. The van der Waals surface area contributed by atoms with Gasteiger partial charge in [0, 0.05) is 13.1 Å². The number of benzene rings is 1. The molecule has 0 spiro atoms. The number of amides is 1. The number of hydrogen-bond acceptors (Lipinski definition) is 5. The number of isocyanates is 1. The molecular weight excluding hydrogens is 337 g/mol. The third-order valence-electron chi connectivity index (χ3n) is 2.78. The minimum atomic E-state index is -4.09. The van der Waals surface area contributed by atoms with E-state index in [0.717, 1.165) is 22.5 Å². The lowest BCUT2D eigenvalue weighted by Crippen LogP contribution is -2.44. The average Bonchev–Trinajstić information content (AvgIpc) is 2.40. The fourth-order valence-electron chi connectivity index (χ4n) is 1.37. The summed E-state index contributed by atoms with van der Waals surface area (Å²) in [6.07, 6.45) is 1.13. The molecule has 0 aliphatic carbocycles. The van der Waals surface area contributed by atoms with E-state index < -0.39 is 27.6 Å². The number of rotatable bonds is 5. The Morgan fingerprint density at radius 3 is 2.55 bits per heavy atom. The van der Waals surface area contributed by atoms with Crippen molar-refractivity contribution in [3.05, 3.63) is 28.5 Å². The monoisotopic (exact) mass is 349 g/mol. The van der Waals surface area contributed by atoms with Gasteiger partial charge in [-0.25, -0.2) is 13.9 Å². The van der Waals surface area contributed by atoms with Gasteiger partial charge in [0.15, 0.2) is 5.82 Å². The Morgan fingerprint density at radius 1 is 1.45 bits per heavy atom. The summed E-state index contributed by atoms with van der Waals surface area (Å²) < 4.78 is 40.0. The third kappa shape index (κ3) is 4.11. The Bertz CT molecular complexity index is 745. The van der Waals surface area contributed by atoms with Crippen LogP contribution in [0.3, 0.4) is 0 Å². The minimum Gasteiger partial charge on any atom is -0.268 e. The molecule has 7 nitrogen and oxygen atoms in total. The van der Waals surface area contributed by atoms with Gasteiger partial charge in [0.2, 0.25) is 6.08 Å². The van der Waals surface area contributed by atoms with Gasteiger partial charge in [-0.3, -0.25) is 4.79 Å². The number of nitrogens with one attached hydrogen (secondary N) is 1. The van der Waals surface area contributed by atoms with Crippen LogP contribution in [0, 0.1) is 5.82 Å². The van der Waals surface area contributed by atoms with Crippen molar-refractivity contribution in [1.29, 1.82) is 0 Å². The van der Waals surface area contributed by atoms with Crippen molar-refractivity contribution >= 4 is 39.5 Å². The summed E-state index contributed by atoms with van der Waals surface area (Å²) in [5.41, 5.74) is -0.808. The van der Waals surface area contributed by atoms with E-state index in [4.69, 9.17) is 11.6 Å². The zero-order valence-electron chi connectivity index (χ0n) is 11.9. The standard InChI is InChI=1S/C12H13ClFN3O4S/c1-7(2)17(3)22(20,21)16-12(19)8-4-11(15-6-18)10(14)5-9(8)13/h4-5,7H,1-3H3,(H,16,19).